The van der Waals surface area contributed by atoms with Crippen LogP contribution in [0.25, 0.3) is 0 Å². The Balaban J connectivity index is 0.000000751. The maximum atomic E-state index is 11.9. The number of carboxylic acid groups (broad SMARTS) is 2. The van der Waals surface area contributed by atoms with Crippen LogP contribution in [0.2, 0.25) is 0 Å². The Labute approximate surface area is 185 Å². The van der Waals surface area contributed by atoms with Gasteiger partial charge < -0.3 is 26.6 Å². The van der Waals surface area contributed by atoms with E-state index in [0.29, 0.717) is 12.1 Å². The second-order valence-corrected chi connectivity index (χ2v) is 7.02. The van der Waals surface area contributed by atoms with Crippen LogP contribution in [0.4, 0.5) is 11.5 Å². The van der Waals surface area contributed by atoms with Crippen LogP contribution in [-0.2, 0) is 20.8 Å². The van der Waals surface area contributed by atoms with Crippen LogP contribution in [0.1, 0.15) is 41.6 Å². The molecule has 1 amide bonds. The third-order valence-electron chi connectivity index (χ3n) is 4.52. The second kappa shape index (κ2) is 13.4. The van der Waals surface area contributed by atoms with Crippen molar-refractivity contribution in [2.45, 2.75) is 39.5 Å². The molecule has 1 heterocycles. The molecule has 7 N–H and O–H groups in total. The number of aromatic nitrogens is 2. The number of carbonyl (C=O) groups is 3. The number of benzene rings is 1. The number of unbranched alkanes of at least 4 members (excludes halogenated alkanes) is 2. The highest BCUT2D eigenvalue weighted by atomic mass is 16.4. The summed E-state index contributed by atoms with van der Waals surface area (Å²) in [7, 11) is 0. The molecule has 11 heteroatoms. The summed E-state index contributed by atoms with van der Waals surface area (Å²) in [5.74, 6) is -3.43. The van der Waals surface area contributed by atoms with Gasteiger partial charge in [-0.2, -0.15) is 10.4 Å². The van der Waals surface area contributed by atoms with Crippen LogP contribution in [0, 0.1) is 25.2 Å². The number of carboxylic acids is 2. The lowest BCUT2D eigenvalue weighted by Gasteiger charge is -2.08. The number of H-pyrrole nitrogens is 1. The summed E-state index contributed by atoms with van der Waals surface area (Å²) in [5.41, 5.74) is 10.1. The molecule has 0 spiro atoms. The van der Waals surface area contributed by atoms with Crippen molar-refractivity contribution in [3.8, 4) is 6.07 Å². The molecule has 172 valence electrons. The first-order valence-electron chi connectivity index (χ1n) is 9.92. The topological polar surface area (TPSA) is 194 Å². The number of aromatic amines is 1. The molecule has 0 saturated heterocycles. The van der Waals surface area contributed by atoms with Crippen LogP contribution < -0.4 is 16.4 Å². The molecule has 0 aliphatic heterocycles. The monoisotopic (exact) mass is 444 g/mol. The maximum absolute atomic E-state index is 11.9. The average Bonchev–Trinajstić information content (AvgIpc) is 3.09. The van der Waals surface area contributed by atoms with Gasteiger partial charge in [0.2, 0.25) is 5.91 Å². The first-order chi connectivity index (χ1) is 15.1. The molecule has 0 fully saturated rings. The number of amides is 1. The predicted octanol–water partition coefficient (Wildman–Crippen LogP) is 1.58. The third kappa shape index (κ3) is 9.27. The number of hydrogen-bond acceptors (Lipinski definition) is 7. The minimum atomic E-state index is -1.82. The van der Waals surface area contributed by atoms with E-state index in [0.717, 1.165) is 49.2 Å². The maximum Gasteiger partial charge on any atom is 0.414 e. The van der Waals surface area contributed by atoms with Gasteiger partial charge in [-0.25, -0.2) is 9.59 Å². The quantitative estimate of drug-likeness (QED) is 0.246. The van der Waals surface area contributed by atoms with Gasteiger partial charge in [-0.1, -0.05) is 12.5 Å². The SMILES string of the molecule is Cc1ccc(NC(=O)CNCCCCCc2[nH]nc(N)c2C#N)cc1C.O=C(O)C(=O)O. The zero-order valence-corrected chi connectivity index (χ0v) is 18.1. The number of nitrogens with one attached hydrogen (secondary N) is 3. The highest BCUT2D eigenvalue weighted by molar-refractivity contribution is 6.27. The number of nitrogens with zero attached hydrogens (tertiary/aromatic N) is 2. The van der Waals surface area contributed by atoms with Gasteiger partial charge in [0.1, 0.15) is 11.6 Å². The number of nitrogen functional groups attached to an aromatic ring is 1. The first-order valence-corrected chi connectivity index (χ1v) is 9.92. The number of carbonyl (C=O) groups excluding carboxylic acids is 1. The molecule has 1 aromatic carbocycles. The Kier molecular flexibility index (Phi) is 10.9. The van der Waals surface area contributed by atoms with Crippen molar-refractivity contribution in [1.82, 2.24) is 15.5 Å². The molecule has 0 aliphatic carbocycles. The fourth-order valence-corrected chi connectivity index (χ4v) is 2.65. The van der Waals surface area contributed by atoms with Gasteiger partial charge in [0.25, 0.3) is 0 Å². The summed E-state index contributed by atoms with van der Waals surface area (Å²) in [6.07, 6.45) is 3.64. The van der Waals surface area contributed by atoms with Crippen LogP contribution >= 0.6 is 0 Å². The minimum absolute atomic E-state index is 0.0418. The van der Waals surface area contributed by atoms with E-state index >= 15 is 0 Å². The number of aryl methyl sites for hydroxylation is 3. The minimum Gasteiger partial charge on any atom is -0.473 e. The molecule has 1 aromatic heterocycles. The largest absolute Gasteiger partial charge is 0.473 e. The summed E-state index contributed by atoms with van der Waals surface area (Å²) in [5, 5.41) is 36.5. The van der Waals surface area contributed by atoms with Crippen molar-refractivity contribution >= 4 is 29.4 Å². The predicted molar refractivity (Wildman–Crippen MR) is 118 cm³/mol. The molecule has 0 unspecified atom stereocenters. The molecule has 0 bridgehead atoms. The smallest absolute Gasteiger partial charge is 0.414 e. The molecule has 0 aliphatic rings. The Morgan fingerprint density at radius 1 is 1.12 bits per heavy atom. The molecule has 0 saturated carbocycles. The molecule has 2 aromatic rings. The lowest BCUT2D eigenvalue weighted by Crippen LogP contribution is -2.28. The summed E-state index contributed by atoms with van der Waals surface area (Å²) in [6.45, 7) is 5.14. The third-order valence-corrected chi connectivity index (χ3v) is 4.52. The highest BCUT2D eigenvalue weighted by Gasteiger charge is 2.09. The van der Waals surface area contributed by atoms with E-state index in [1.54, 1.807) is 0 Å². The summed E-state index contributed by atoms with van der Waals surface area (Å²) in [6, 6.07) is 7.96. The Morgan fingerprint density at radius 2 is 1.81 bits per heavy atom. The molecule has 0 atom stereocenters. The highest BCUT2D eigenvalue weighted by Crippen LogP contribution is 2.15. The zero-order chi connectivity index (χ0) is 24.1. The molecule has 2 rings (SSSR count). The molecular weight excluding hydrogens is 416 g/mol. The van der Waals surface area contributed by atoms with Crippen LogP contribution in [-0.4, -0.2) is 51.3 Å². The van der Waals surface area contributed by atoms with E-state index in [1.807, 2.05) is 32.0 Å². The van der Waals surface area contributed by atoms with E-state index in [9.17, 15) is 4.79 Å². The molecule has 11 nitrogen and oxygen atoms in total. The average molecular weight is 444 g/mol. The fourth-order valence-electron chi connectivity index (χ4n) is 2.65. The van der Waals surface area contributed by atoms with E-state index < -0.39 is 11.9 Å². The lowest BCUT2D eigenvalue weighted by atomic mass is 10.1. The van der Waals surface area contributed by atoms with E-state index in [4.69, 9.17) is 30.8 Å². The van der Waals surface area contributed by atoms with Gasteiger partial charge in [0.05, 0.1) is 12.2 Å². The normalized spacial score (nSPS) is 9.91. The fraction of sp³-hybridized carbons (Fsp3) is 0.381. The van der Waals surface area contributed by atoms with E-state index in [1.165, 1.54) is 5.56 Å². The summed E-state index contributed by atoms with van der Waals surface area (Å²) in [4.78, 5) is 30.1. The number of hydrogen-bond donors (Lipinski definition) is 6. The van der Waals surface area contributed by atoms with Gasteiger partial charge in [-0.15, -0.1) is 0 Å². The Bertz CT molecular complexity index is 968. The van der Waals surface area contributed by atoms with Gasteiger partial charge in [0.15, 0.2) is 5.82 Å². The summed E-state index contributed by atoms with van der Waals surface area (Å²) >= 11 is 0. The van der Waals surface area contributed by atoms with Crippen LogP contribution in [0.5, 0.6) is 0 Å². The number of nitrogens with two attached hydrogens (primary N) is 1. The van der Waals surface area contributed by atoms with Crippen molar-refractivity contribution in [1.29, 1.82) is 5.26 Å². The number of nitriles is 1. The molecular formula is C21H28N6O5. The van der Waals surface area contributed by atoms with Crippen molar-refractivity contribution in [2.24, 2.45) is 0 Å². The van der Waals surface area contributed by atoms with Gasteiger partial charge in [-0.05, 0) is 62.9 Å². The second-order valence-electron chi connectivity index (χ2n) is 7.02. The zero-order valence-electron chi connectivity index (χ0n) is 18.1. The van der Waals surface area contributed by atoms with Crippen molar-refractivity contribution in [3.63, 3.8) is 0 Å². The lowest BCUT2D eigenvalue weighted by molar-refractivity contribution is -0.159. The van der Waals surface area contributed by atoms with Gasteiger partial charge in [0, 0.05) is 5.69 Å². The Hall–Kier alpha value is -3.91. The number of rotatable bonds is 9. The number of anilines is 2. The van der Waals surface area contributed by atoms with Gasteiger partial charge in [-0.3, -0.25) is 9.89 Å². The van der Waals surface area contributed by atoms with E-state index in [-0.39, 0.29) is 11.7 Å². The van der Waals surface area contributed by atoms with E-state index in [2.05, 4.69) is 26.9 Å². The van der Waals surface area contributed by atoms with Crippen molar-refractivity contribution in [3.05, 3.63) is 40.6 Å². The van der Waals surface area contributed by atoms with Gasteiger partial charge >= 0.3 is 11.9 Å². The number of aliphatic carboxylic acids is 2. The standard InChI is InChI=1S/C19H26N6O.C2H2O4/c1-13-7-8-15(10-14(13)2)23-18(26)12-22-9-5-3-4-6-17-16(11-20)19(21)25-24-17;3-1(4)2(5)6/h7-8,10,22H,3-6,9,12H2,1-2H3,(H,23,26)(H3,21,24,25);(H,3,4)(H,5,6). The summed E-state index contributed by atoms with van der Waals surface area (Å²) < 4.78 is 0. The van der Waals surface area contributed by atoms with Crippen LogP contribution in [0.3, 0.4) is 0 Å². The Morgan fingerprint density at radius 3 is 2.41 bits per heavy atom. The molecule has 0 radical (unpaired) electrons. The van der Waals surface area contributed by atoms with Crippen molar-refractivity contribution < 1.29 is 24.6 Å². The first kappa shape index (κ1) is 26.1. The van der Waals surface area contributed by atoms with Crippen molar-refractivity contribution in [2.75, 3.05) is 24.1 Å². The van der Waals surface area contributed by atoms with Crippen LogP contribution in [0.15, 0.2) is 18.2 Å². The molecule has 32 heavy (non-hydrogen) atoms.